The van der Waals surface area contributed by atoms with Crippen molar-refractivity contribution in [3.63, 3.8) is 0 Å². The molecule has 1 atom stereocenters. The van der Waals surface area contributed by atoms with Gasteiger partial charge in [-0.25, -0.2) is 0 Å². The van der Waals surface area contributed by atoms with Crippen molar-refractivity contribution in [2.24, 2.45) is 5.73 Å². The fourth-order valence-corrected chi connectivity index (χ4v) is 1.27. The van der Waals surface area contributed by atoms with Crippen molar-refractivity contribution < 1.29 is 9.53 Å². The van der Waals surface area contributed by atoms with E-state index < -0.39 is 0 Å². The molecular weight excluding hydrogens is 204 g/mol. The molecule has 1 amide bonds. The Bertz CT molecular complexity index is 215. The predicted octanol–water partition coefficient (Wildman–Crippen LogP) is 1.43. The van der Waals surface area contributed by atoms with Crippen LogP contribution in [-0.2, 0) is 9.53 Å². The summed E-state index contributed by atoms with van der Waals surface area (Å²) >= 11 is 0. The van der Waals surface area contributed by atoms with E-state index in [1.807, 2.05) is 27.7 Å². The quantitative estimate of drug-likeness (QED) is 0.663. The molecule has 0 aliphatic rings. The normalized spacial score (nSPS) is 14.1. The Hall–Kier alpha value is -0.610. The minimum absolute atomic E-state index is 0.125. The van der Waals surface area contributed by atoms with Crippen molar-refractivity contribution in [3.8, 4) is 0 Å². The number of amides is 1. The third-order valence-corrected chi connectivity index (χ3v) is 2.63. The Morgan fingerprint density at radius 3 is 2.38 bits per heavy atom. The van der Waals surface area contributed by atoms with E-state index in [0.717, 1.165) is 6.42 Å². The van der Waals surface area contributed by atoms with Gasteiger partial charge in [0.2, 0.25) is 5.91 Å². The highest BCUT2D eigenvalue weighted by atomic mass is 16.5. The maximum absolute atomic E-state index is 11.2. The Kier molecular flexibility index (Phi) is 6.60. The molecule has 0 fully saturated rings. The summed E-state index contributed by atoms with van der Waals surface area (Å²) in [6, 6.07) is -0.0515. The van der Waals surface area contributed by atoms with Crippen LogP contribution in [0.3, 0.4) is 0 Å². The van der Waals surface area contributed by atoms with Gasteiger partial charge in [-0.3, -0.25) is 4.79 Å². The molecule has 0 aromatic rings. The van der Waals surface area contributed by atoms with Gasteiger partial charge in [0, 0.05) is 12.6 Å². The molecule has 0 aliphatic heterocycles. The molecule has 4 heteroatoms. The molecule has 3 N–H and O–H groups in total. The lowest BCUT2D eigenvalue weighted by atomic mass is 10.1. The molecule has 0 saturated heterocycles. The molecule has 0 heterocycles. The highest BCUT2D eigenvalue weighted by molar-refractivity contribution is 5.79. The van der Waals surface area contributed by atoms with Crippen molar-refractivity contribution in [2.45, 2.75) is 65.1 Å². The molecule has 0 rings (SSSR count). The Balaban J connectivity index is 3.99. The summed E-state index contributed by atoms with van der Waals surface area (Å²) in [5, 5.41) is 3.13. The number of hydrogen-bond acceptors (Lipinski definition) is 3. The maximum Gasteiger partial charge on any atom is 0.234 e. The minimum Gasteiger partial charge on any atom is -0.376 e. The first-order valence-corrected chi connectivity index (χ1v) is 5.98. The SMILES string of the molecule is CCC(C)(C)OCCC(NC(C)C)C(N)=O. The van der Waals surface area contributed by atoms with Crippen LogP contribution in [0, 0.1) is 0 Å². The van der Waals surface area contributed by atoms with Gasteiger partial charge in [0.05, 0.1) is 11.6 Å². The summed E-state index contributed by atoms with van der Waals surface area (Å²) in [5.41, 5.74) is 5.19. The van der Waals surface area contributed by atoms with Crippen LogP contribution in [0.4, 0.5) is 0 Å². The molecule has 96 valence electrons. The van der Waals surface area contributed by atoms with E-state index in [2.05, 4.69) is 12.2 Å². The summed E-state index contributed by atoms with van der Waals surface area (Å²) in [7, 11) is 0. The van der Waals surface area contributed by atoms with Crippen molar-refractivity contribution in [2.75, 3.05) is 6.61 Å². The first-order chi connectivity index (χ1) is 7.28. The van der Waals surface area contributed by atoms with E-state index in [0.29, 0.717) is 13.0 Å². The molecule has 0 saturated carbocycles. The molecule has 0 bridgehead atoms. The summed E-state index contributed by atoms with van der Waals surface area (Å²) in [4.78, 5) is 11.2. The lowest BCUT2D eigenvalue weighted by Gasteiger charge is -2.25. The number of carbonyl (C=O) groups excluding carboxylic acids is 1. The first-order valence-electron chi connectivity index (χ1n) is 5.98. The van der Waals surface area contributed by atoms with Crippen LogP contribution < -0.4 is 11.1 Å². The van der Waals surface area contributed by atoms with Gasteiger partial charge in [0.1, 0.15) is 0 Å². The number of ether oxygens (including phenoxy) is 1. The van der Waals surface area contributed by atoms with Gasteiger partial charge < -0.3 is 15.8 Å². The van der Waals surface area contributed by atoms with E-state index in [1.165, 1.54) is 0 Å². The Morgan fingerprint density at radius 1 is 1.44 bits per heavy atom. The van der Waals surface area contributed by atoms with Gasteiger partial charge in [-0.15, -0.1) is 0 Å². The number of primary amides is 1. The topological polar surface area (TPSA) is 64.3 Å². The van der Waals surface area contributed by atoms with E-state index in [9.17, 15) is 4.79 Å². The molecule has 0 aromatic carbocycles. The second-order valence-corrected chi connectivity index (χ2v) is 5.03. The van der Waals surface area contributed by atoms with E-state index in [4.69, 9.17) is 10.5 Å². The average molecular weight is 230 g/mol. The molecule has 0 radical (unpaired) electrons. The summed E-state index contributed by atoms with van der Waals surface area (Å²) in [5.74, 6) is -0.313. The maximum atomic E-state index is 11.2. The fourth-order valence-electron chi connectivity index (χ4n) is 1.27. The van der Waals surface area contributed by atoms with Crippen molar-refractivity contribution >= 4 is 5.91 Å². The van der Waals surface area contributed by atoms with Crippen LogP contribution in [0.2, 0.25) is 0 Å². The third-order valence-electron chi connectivity index (χ3n) is 2.63. The number of rotatable bonds is 8. The van der Waals surface area contributed by atoms with Crippen molar-refractivity contribution in [1.29, 1.82) is 0 Å². The molecule has 0 aromatic heterocycles. The molecular formula is C12H26N2O2. The minimum atomic E-state index is -0.313. The summed E-state index contributed by atoms with van der Waals surface area (Å²) in [6.07, 6.45) is 1.57. The summed E-state index contributed by atoms with van der Waals surface area (Å²) < 4.78 is 5.69. The van der Waals surface area contributed by atoms with E-state index in [-0.39, 0.29) is 23.6 Å². The van der Waals surface area contributed by atoms with Crippen LogP contribution in [0.25, 0.3) is 0 Å². The zero-order valence-electron chi connectivity index (χ0n) is 11.2. The summed E-state index contributed by atoms with van der Waals surface area (Å²) in [6.45, 7) is 10.7. The van der Waals surface area contributed by atoms with E-state index >= 15 is 0 Å². The van der Waals surface area contributed by atoms with Gasteiger partial charge in [0.15, 0.2) is 0 Å². The number of hydrogen-bond donors (Lipinski definition) is 2. The number of carbonyl (C=O) groups is 1. The Labute approximate surface area is 98.9 Å². The largest absolute Gasteiger partial charge is 0.376 e. The number of nitrogens with two attached hydrogens (primary N) is 1. The molecule has 1 unspecified atom stereocenters. The van der Waals surface area contributed by atoms with Gasteiger partial charge in [0.25, 0.3) is 0 Å². The average Bonchev–Trinajstić information content (AvgIpc) is 2.15. The number of nitrogens with one attached hydrogen (secondary N) is 1. The fraction of sp³-hybridized carbons (Fsp3) is 0.917. The van der Waals surface area contributed by atoms with Crippen molar-refractivity contribution in [1.82, 2.24) is 5.32 Å². The van der Waals surface area contributed by atoms with E-state index in [1.54, 1.807) is 0 Å². The van der Waals surface area contributed by atoms with Gasteiger partial charge in [-0.2, -0.15) is 0 Å². The third kappa shape index (κ3) is 6.80. The molecule has 0 spiro atoms. The first kappa shape index (κ1) is 15.4. The monoisotopic (exact) mass is 230 g/mol. The highest BCUT2D eigenvalue weighted by Gasteiger charge is 2.19. The van der Waals surface area contributed by atoms with Crippen LogP contribution >= 0.6 is 0 Å². The zero-order chi connectivity index (χ0) is 12.8. The lowest BCUT2D eigenvalue weighted by molar-refractivity contribution is -0.121. The molecule has 0 aliphatic carbocycles. The van der Waals surface area contributed by atoms with Crippen LogP contribution in [0.1, 0.15) is 47.5 Å². The van der Waals surface area contributed by atoms with Gasteiger partial charge >= 0.3 is 0 Å². The highest BCUT2D eigenvalue weighted by Crippen LogP contribution is 2.13. The lowest BCUT2D eigenvalue weighted by Crippen LogP contribution is -2.45. The molecule has 4 nitrogen and oxygen atoms in total. The standard InChI is InChI=1S/C12H26N2O2/c1-6-12(4,5)16-8-7-10(11(13)15)14-9(2)3/h9-10,14H,6-8H2,1-5H3,(H2,13,15). The zero-order valence-corrected chi connectivity index (χ0v) is 11.2. The second kappa shape index (κ2) is 6.86. The Morgan fingerprint density at radius 2 is 2.00 bits per heavy atom. The van der Waals surface area contributed by atoms with Crippen molar-refractivity contribution in [3.05, 3.63) is 0 Å². The second-order valence-electron chi connectivity index (χ2n) is 5.03. The van der Waals surface area contributed by atoms with Gasteiger partial charge in [-0.1, -0.05) is 20.8 Å². The van der Waals surface area contributed by atoms with Gasteiger partial charge in [-0.05, 0) is 26.7 Å². The predicted molar refractivity (Wildman–Crippen MR) is 66.2 cm³/mol. The van der Waals surface area contributed by atoms with Crippen LogP contribution in [0.5, 0.6) is 0 Å². The molecule has 16 heavy (non-hydrogen) atoms. The van der Waals surface area contributed by atoms with Crippen LogP contribution in [-0.4, -0.2) is 30.2 Å². The van der Waals surface area contributed by atoms with Crippen LogP contribution in [0.15, 0.2) is 0 Å². The smallest absolute Gasteiger partial charge is 0.234 e.